The quantitative estimate of drug-likeness (QED) is 0.530. The molecule has 3 aromatic heterocycles. The predicted molar refractivity (Wildman–Crippen MR) is 116 cm³/mol. The minimum absolute atomic E-state index is 0.223. The zero-order chi connectivity index (χ0) is 20.6. The Hall–Kier alpha value is -3.04. The third kappa shape index (κ3) is 2.42. The van der Waals surface area contributed by atoms with Gasteiger partial charge in [-0.15, -0.1) is 11.3 Å². The fourth-order valence-electron chi connectivity index (χ4n) is 5.02. The van der Waals surface area contributed by atoms with Gasteiger partial charge in [0.25, 0.3) is 0 Å². The van der Waals surface area contributed by atoms with Gasteiger partial charge < -0.3 is 14.9 Å². The molecule has 9 heteroatoms. The molecule has 0 amide bonds. The minimum atomic E-state index is -1.23. The molecule has 5 heterocycles. The van der Waals surface area contributed by atoms with E-state index < -0.39 is 11.4 Å². The zero-order valence-corrected chi connectivity index (χ0v) is 17.1. The number of carboxylic acid groups (broad SMARTS) is 1. The number of benzene rings is 1. The number of para-hydroxylation sites is 1. The molecule has 0 bridgehead atoms. The van der Waals surface area contributed by atoms with Crippen molar-refractivity contribution in [1.29, 1.82) is 0 Å². The SMILES string of the molecule is CN1CC2CN(c3ncc4c(=O)c(C(=O)O)c5sc6ccccc6n5c4n3)CC2C1. The molecule has 2 aliphatic rings. The second-order valence-corrected chi connectivity index (χ2v) is 9.30. The molecule has 0 aliphatic carbocycles. The normalized spacial score (nSPS) is 21.8. The van der Waals surface area contributed by atoms with Gasteiger partial charge in [0, 0.05) is 32.4 Å². The molecular formula is C21H19N5O3S. The summed E-state index contributed by atoms with van der Waals surface area (Å²) in [5, 5.41) is 9.96. The van der Waals surface area contributed by atoms with E-state index >= 15 is 0 Å². The Bertz CT molecular complexity index is 1400. The van der Waals surface area contributed by atoms with Crippen molar-refractivity contribution >= 4 is 49.3 Å². The molecule has 30 heavy (non-hydrogen) atoms. The summed E-state index contributed by atoms with van der Waals surface area (Å²) in [5.74, 6) is 0.583. The molecule has 1 aromatic carbocycles. The van der Waals surface area contributed by atoms with Gasteiger partial charge in [-0.3, -0.25) is 9.20 Å². The largest absolute Gasteiger partial charge is 0.477 e. The summed E-state index contributed by atoms with van der Waals surface area (Å²) >= 11 is 1.30. The number of aromatic nitrogens is 3. The molecule has 2 saturated heterocycles. The summed E-state index contributed by atoms with van der Waals surface area (Å²) in [5.41, 5.74) is 0.556. The highest BCUT2D eigenvalue weighted by molar-refractivity contribution is 7.24. The fourth-order valence-corrected chi connectivity index (χ4v) is 6.20. The van der Waals surface area contributed by atoms with Crippen molar-refractivity contribution in [2.24, 2.45) is 11.8 Å². The minimum Gasteiger partial charge on any atom is -0.477 e. The van der Waals surface area contributed by atoms with Gasteiger partial charge in [-0.05, 0) is 31.0 Å². The Kier molecular flexibility index (Phi) is 3.69. The number of fused-ring (bicyclic) bond motifs is 6. The average molecular weight is 421 g/mol. The van der Waals surface area contributed by atoms with Crippen molar-refractivity contribution in [3.8, 4) is 0 Å². The van der Waals surface area contributed by atoms with Crippen molar-refractivity contribution in [2.75, 3.05) is 38.1 Å². The topological polar surface area (TPSA) is 91.0 Å². The molecular weight excluding hydrogens is 402 g/mol. The van der Waals surface area contributed by atoms with E-state index in [0.29, 0.717) is 28.3 Å². The molecule has 2 fully saturated rings. The van der Waals surface area contributed by atoms with Crippen LogP contribution in [0.3, 0.4) is 0 Å². The Balaban J connectivity index is 1.60. The van der Waals surface area contributed by atoms with Crippen LogP contribution in [0.2, 0.25) is 0 Å². The van der Waals surface area contributed by atoms with E-state index in [2.05, 4.69) is 21.8 Å². The highest BCUT2D eigenvalue weighted by Gasteiger charge is 2.39. The smallest absolute Gasteiger partial charge is 0.342 e. The second-order valence-electron chi connectivity index (χ2n) is 8.27. The maximum atomic E-state index is 13.0. The summed E-state index contributed by atoms with van der Waals surface area (Å²) < 4.78 is 2.71. The number of hydrogen-bond acceptors (Lipinski definition) is 7. The zero-order valence-electron chi connectivity index (χ0n) is 16.3. The van der Waals surface area contributed by atoms with Gasteiger partial charge in [0.1, 0.15) is 10.4 Å². The van der Waals surface area contributed by atoms with Gasteiger partial charge >= 0.3 is 5.97 Å². The lowest BCUT2D eigenvalue weighted by molar-refractivity contribution is 0.0697. The van der Waals surface area contributed by atoms with Crippen LogP contribution < -0.4 is 10.3 Å². The molecule has 2 aliphatic heterocycles. The first-order valence-electron chi connectivity index (χ1n) is 9.91. The van der Waals surface area contributed by atoms with Gasteiger partial charge in [0.15, 0.2) is 5.65 Å². The third-order valence-electron chi connectivity index (χ3n) is 6.33. The molecule has 0 saturated carbocycles. The number of aromatic carboxylic acids is 1. The van der Waals surface area contributed by atoms with Crippen molar-refractivity contribution in [1.82, 2.24) is 19.3 Å². The van der Waals surface area contributed by atoms with Gasteiger partial charge in [0.2, 0.25) is 11.4 Å². The standard InChI is InChI=1S/C21H19N5O3S/c1-24-7-11-9-25(10-12(11)8-24)21-22-6-13-17(27)16(20(28)29)19-26(18(13)23-21)14-4-2-3-5-15(14)30-19/h2-6,11-12H,7-10H2,1H3,(H,28,29). The molecule has 2 atom stereocenters. The van der Waals surface area contributed by atoms with E-state index in [9.17, 15) is 14.7 Å². The lowest BCUT2D eigenvalue weighted by Gasteiger charge is -2.19. The maximum Gasteiger partial charge on any atom is 0.342 e. The van der Waals surface area contributed by atoms with Crippen LogP contribution in [-0.2, 0) is 0 Å². The van der Waals surface area contributed by atoms with Crippen molar-refractivity contribution in [3.05, 3.63) is 46.2 Å². The highest BCUT2D eigenvalue weighted by Crippen LogP contribution is 2.34. The summed E-state index contributed by atoms with van der Waals surface area (Å²) in [4.78, 5) is 39.1. The van der Waals surface area contributed by atoms with Crippen LogP contribution in [0.15, 0.2) is 35.3 Å². The van der Waals surface area contributed by atoms with E-state index in [1.807, 2.05) is 24.3 Å². The van der Waals surface area contributed by atoms with Crippen LogP contribution in [0.25, 0.3) is 26.1 Å². The lowest BCUT2D eigenvalue weighted by Crippen LogP contribution is -2.28. The van der Waals surface area contributed by atoms with E-state index in [0.717, 1.165) is 36.4 Å². The van der Waals surface area contributed by atoms with Gasteiger partial charge in [-0.1, -0.05) is 12.1 Å². The third-order valence-corrected chi connectivity index (χ3v) is 7.48. The van der Waals surface area contributed by atoms with Crippen LogP contribution >= 0.6 is 11.3 Å². The van der Waals surface area contributed by atoms with E-state index in [-0.39, 0.29) is 10.9 Å². The maximum absolute atomic E-state index is 13.0. The fraction of sp³-hybridized carbons (Fsp3) is 0.333. The average Bonchev–Trinajstić information content (AvgIpc) is 3.38. The van der Waals surface area contributed by atoms with Crippen LogP contribution in [0.4, 0.5) is 5.95 Å². The Labute approximate surface area is 175 Å². The number of carbonyl (C=O) groups is 1. The summed E-state index contributed by atoms with van der Waals surface area (Å²) in [6, 6.07) is 7.65. The first kappa shape index (κ1) is 17.8. The first-order valence-corrected chi connectivity index (χ1v) is 10.7. The summed E-state index contributed by atoms with van der Waals surface area (Å²) in [6.07, 6.45) is 1.49. The molecule has 152 valence electrons. The first-order chi connectivity index (χ1) is 14.5. The summed E-state index contributed by atoms with van der Waals surface area (Å²) in [6.45, 7) is 3.96. The number of likely N-dealkylation sites (tertiary alicyclic amines) is 1. The number of hydrogen-bond donors (Lipinski definition) is 1. The molecule has 6 rings (SSSR count). The number of thiazole rings is 1. The predicted octanol–water partition coefficient (Wildman–Crippen LogP) is 2.15. The molecule has 0 spiro atoms. The van der Waals surface area contributed by atoms with Gasteiger partial charge in [-0.2, -0.15) is 4.98 Å². The Morgan fingerprint density at radius 1 is 1.17 bits per heavy atom. The molecule has 8 nitrogen and oxygen atoms in total. The molecule has 4 aromatic rings. The number of pyridine rings is 1. The van der Waals surface area contributed by atoms with Gasteiger partial charge in [-0.25, -0.2) is 9.78 Å². The van der Waals surface area contributed by atoms with E-state index in [1.165, 1.54) is 17.5 Å². The van der Waals surface area contributed by atoms with Crippen molar-refractivity contribution < 1.29 is 9.90 Å². The van der Waals surface area contributed by atoms with E-state index in [4.69, 9.17) is 4.98 Å². The Morgan fingerprint density at radius 2 is 1.90 bits per heavy atom. The summed E-state index contributed by atoms with van der Waals surface area (Å²) in [7, 11) is 2.15. The number of nitrogens with zero attached hydrogens (tertiary/aromatic N) is 5. The number of rotatable bonds is 2. The highest BCUT2D eigenvalue weighted by atomic mass is 32.1. The van der Waals surface area contributed by atoms with Crippen LogP contribution in [0, 0.1) is 11.8 Å². The van der Waals surface area contributed by atoms with Crippen LogP contribution in [0.1, 0.15) is 10.4 Å². The number of anilines is 1. The van der Waals surface area contributed by atoms with E-state index in [1.54, 1.807) is 4.40 Å². The monoisotopic (exact) mass is 421 g/mol. The van der Waals surface area contributed by atoms with Crippen LogP contribution in [0.5, 0.6) is 0 Å². The van der Waals surface area contributed by atoms with Crippen LogP contribution in [-0.4, -0.2) is 63.6 Å². The molecule has 2 unspecified atom stereocenters. The number of carboxylic acids is 1. The van der Waals surface area contributed by atoms with Crippen molar-refractivity contribution in [2.45, 2.75) is 0 Å². The molecule has 0 radical (unpaired) electrons. The Morgan fingerprint density at radius 3 is 2.63 bits per heavy atom. The van der Waals surface area contributed by atoms with Crippen molar-refractivity contribution in [3.63, 3.8) is 0 Å². The lowest BCUT2D eigenvalue weighted by atomic mass is 10.0. The molecule has 1 N–H and O–H groups in total. The second kappa shape index (κ2) is 6.23. The van der Waals surface area contributed by atoms with Gasteiger partial charge in [0.05, 0.1) is 15.6 Å².